The molecule has 30 heavy (non-hydrogen) atoms. The highest BCUT2D eigenvalue weighted by Gasteiger charge is 2.25. The molecule has 0 spiro atoms. The fourth-order valence-corrected chi connectivity index (χ4v) is 3.81. The number of hydrogen-bond acceptors (Lipinski definition) is 4. The number of hydrogen-bond donors (Lipinski definition) is 2. The summed E-state index contributed by atoms with van der Waals surface area (Å²) in [5, 5.41) is 6.84. The Balaban J connectivity index is 1.54. The van der Waals surface area contributed by atoms with Crippen LogP contribution in [0.1, 0.15) is 38.8 Å². The average molecular weight is 401 g/mol. The molecule has 2 heterocycles. The zero-order chi connectivity index (χ0) is 21.3. The summed E-state index contributed by atoms with van der Waals surface area (Å²) in [5.74, 6) is 0.832. The summed E-state index contributed by atoms with van der Waals surface area (Å²) in [5.41, 5.74) is 6.45. The fourth-order valence-electron chi connectivity index (χ4n) is 3.81. The molecule has 1 aromatic heterocycles. The minimum Gasteiger partial charge on any atom is -0.354 e. The summed E-state index contributed by atoms with van der Waals surface area (Å²) in [4.78, 5) is 18.3. The second-order valence-electron chi connectivity index (χ2n) is 8.74. The first-order chi connectivity index (χ1) is 14.3. The molecule has 0 saturated heterocycles. The molecule has 0 unspecified atom stereocenters. The topological polar surface area (TPSA) is 57.3 Å². The van der Waals surface area contributed by atoms with Gasteiger partial charge in [0.15, 0.2) is 0 Å². The molecule has 0 fully saturated rings. The van der Waals surface area contributed by atoms with E-state index in [-0.39, 0.29) is 11.3 Å². The molecule has 0 aliphatic carbocycles. The molecule has 5 heteroatoms. The van der Waals surface area contributed by atoms with Gasteiger partial charge in [-0.15, -0.1) is 0 Å². The van der Waals surface area contributed by atoms with Crippen LogP contribution in [0.4, 0.5) is 28.6 Å². The van der Waals surface area contributed by atoms with Crippen LogP contribution in [-0.2, 0) is 16.6 Å². The third kappa shape index (κ3) is 4.15. The van der Waals surface area contributed by atoms with Crippen LogP contribution >= 0.6 is 0 Å². The molecule has 1 amide bonds. The van der Waals surface area contributed by atoms with Gasteiger partial charge in [-0.25, -0.2) is 4.98 Å². The number of carbonyl (C=O) groups is 1. The van der Waals surface area contributed by atoms with Crippen molar-refractivity contribution in [2.45, 2.75) is 39.5 Å². The highest BCUT2D eigenvalue weighted by Crippen LogP contribution is 2.37. The number of amides is 1. The number of nitrogens with one attached hydrogen (secondary N) is 2. The summed E-state index contributed by atoms with van der Waals surface area (Å²) in [6.07, 6.45) is 2.66. The van der Waals surface area contributed by atoms with Crippen LogP contribution in [0.2, 0.25) is 0 Å². The SMILES string of the molecule is CC(=O)N1CCc2cccc(Nc3ccnc(Nc4ccc(C(C)(C)C)cc4)c3)c21. The van der Waals surface area contributed by atoms with Crippen molar-refractivity contribution < 1.29 is 4.79 Å². The Morgan fingerprint density at radius 3 is 2.47 bits per heavy atom. The van der Waals surface area contributed by atoms with Gasteiger partial charge in [-0.1, -0.05) is 45.0 Å². The van der Waals surface area contributed by atoms with Crippen molar-refractivity contribution in [1.82, 2.24) is 4.98 Å². The standard InChI is InChI=1S/C25H28N4O/c1-17(30)29-15-13-18-6-5-7-22(24(18)29)27-21-12-14-26-23(16-21)28-20-10-8-19(9-11-20)25(2,3)4/h5-12,14,16H,13,15H2,1-4H3,(H2,26,27,28). The van der Waals surface area contributed by atoms with Gasteiger partial charge in [0.1, 0.15) is 5.82 Å². The molecule has 0 saturated carbocycles. The Morgan fingerprint density at radius 2 is 1.77 bits per heavy atom. The van der Waals surface area contributed by atoms with Crippen molar-refractivity contribution in [3.05, 3.63) is 71.9 Å². The lowest BCUT2D eigenvalue weighted by Crippen LogP contribution is -2.26. The highest BCUT2D eigenvalue weighted by atomic mass is 16.2. The maximum absolute atomic E-state index is 12.0. The second kappa shape index (κ2) is 7.82. The maximum Gasteiger partial charge on any atom is 0.223 e. The minimum atomic E-state index is 0.0683. The molecule has 2 aromatic carbocycles. The van der Waals surface area contributed by atoms with E-state index < -0.39 is 0 Å². The minimum absolute atomic E-state index is 0.0683. The zero-order valence-corrected chi connectivity index (χ0v) is 18.0. The molecule has 2 N–H and O–H groups in total. The molecule has 0 bridgehead atoms. The highest BCUT2D eigenvalue weighted by molar-refractivity contribution is 5.98. The van der Waals surface area contributed by atoms with E-state index in [1.165, 1.54) is 11.1 Å². The molecule has 0 radical (unpaired) electrons. The number of rotatable bonds is 4. The summed E-state index contributed by atoms with van der Waals surface area (Å²) in [6, 6.07) is 18.5. The third-order valence-corrected chi connectivity index (χ3v) is 5.44. The molecule has 154 valence electrons. The lowest BCUT2D eigenvalue weighted by Gasteiger charge is -2.20. The summed E-state index contributed by atoms with van der Waals surface area (Å²) in [7, 11) is 0. The van der Waals surface area contributed by atoms with Gasteiger partial charge >= 0.3 is 0 Å². The predicted molar refractivity (Wildman–Crippen MR) is 124 cm³/mol. The van der Waals surface area contributed by atoms with Crippen molar-refractivity contribution in [3.8, 4) is 0 Å². The smallest absolute Gasteiger partial charge is 0.223 e. The molecular weight excluding hydrogens is 372 g/mol. The Bertz CT molecular complexity index is 1070. The second-order valence-corrected chi connectivity index (χ2v) is 8.74. The molecule has 1 aliphatic heterocycles. The third-order valence-electron chi connectivity index (χ3n) is 5.44. The van der Waals surface area contributed by atoms with Gasteiger partial charge in [-0.05, 0) is 47.2 Å². The van der Waals surface area contributed by atoms with Crippen LogP contribution in [0, 0.1) is 0 Å². The van der Waals surface area contributed by atoms with E-state index >= 15 is 0 Å². The molecule has 1 aliphatic rings. The number of fused-ring (bicyclic) bond motifs is 1. The van der Waals surface area contributed by atoms with Crippen molar-refractivity contribution >= 4 is 34.5 Å². The van der Waals surface area contributed by atoms with Gasteiger partial charge in [0.05, 0.1) is 11.4 Å². The van der Waals surface area contributed by atoms with E-state index in [2.05, 4.69) is 66.7 Å². The van der Waals surface area contributed by atoms with Gasteiger partial charge in [-0.2, -0.15) is 0 Å². The predicted octanol–water partition coefficient (Wildman–Crippen LogP) is 5.78. The monoisotopic (exact) mass is 400 g/mol. The van der Waals surface area contributed by atoms with Crippen LogP contribution < -0.4 is 15.5 Å². The van der Waals surface area contributed by atoms with Crippen molar-refractivity contribution in [2.75, 3.05) is 22.1 Å². The average Bonchev–Trinajstić information content (AvgIpc) is 3.14. The number of anilines is 5. The van der Waals surface area contributed by atoms with Crippen LogP contribution in [0.5, 0.6) is 0 Å². The number of benzene rings is 2. The first-order valence-corrected chi connectivity index (χ1v) is 10.3. The zero-order valence-electron chi connectivity index (χ0n) is 18.0. The Labute approximate surface area is 178 Å². The number of nitrogens with zero attached hydrogens (tertiary/aromatic N) is 2. The number of pyridine rings is 1. The van der Waals surface area contributed by atoms with Gasteiger partial charge in [0, 0.05) is 37.1 Å². The van der Waals surface area contributed by atoms with E-state index in [1.54, 1.807) is 13.1 Å². The van der Waals surface area contributed by atoms with E-state index in [1.807, 2.05) is 29.2 Å². The first-order valence-electron chi connectivity index (χ1n) is 10.3. The first kappa shape index (κ1) is 20.0. The molecule has 5 nitrogen and oxygen atoms in total. The number of para-hydroxylation sites is 1. The number of aromatic nitrogens is 1. The van der Waals surface area contributed by atoms with Crippen molar-refractivity contribution in [1.29, 1.82) is 0 Å². The summed E-state index contributed by atoms with van der Waals surface area (Å²) >= 11 is 0. The molecular formula is C25H28N4O. The van der Waals surface area contributed by atoms with E-state index in [4.69, 9.17) is 0 Å². The quantitative estimate of drug-likeness (QED) is 0.583. The van der Waals surface area contributed by atoms with Crippen LogP contribution in [-0.4, -0.2) is 17.4 Å². The van der Waals surface area contributed by atoms with E-state index in [0.717, 1.165) is 41.5 Å². The lowest BCUT2D eigenvalue weighted by atomic mass is 9.87. The van der Waals surface area contributed by atoms with Gasteiger partial charge in [-0.3, -0.25) is 4.79 Å². The Hall–Kier alpha value is -3.34. The van der Waals surface area contributed by atoms with E-state index in [9.17, 15) is 4.79 Å². The van der Waals surface area contributed by atoms with Crippen LogP contribution in [0.25, 0.3) is 0 Å². The van der Waals surface area contributed by atoms with Crippen LogP contribution in [0.15, 0.2) is 60.8 Å². The van der Waals surface area contributed by atoms with Crippen molar-refractivity contribution in [2.24, 2.45) is 0 Å². The molecule has 3 aromatic rings. The van der Waals surface area contributed by atoms with E-state index in [0.29, 0.717) is 0 Å². The maximum atomic E-state index is 12.0. The largest absolute Gasteiger partial charge is 0.354 e. The molecule has 0 atom stereocenters. The van der Waals surface area contributed by atoms with Gasteiger partial charge in [0.25, 0.3) is 0 Å². The number of carbonyl (C=O) groups excluding carboxylic acids is 1. The lowest BCUT2D eigenvalue weighted by molar-refractivity contribution is -0.116. The fraction of sp³-hybridized carbons (Fsp3) is 0.280. The van der Waals surface area contributed by atoms with Gasteiger partial charge < -0.3 is 15.5 Å². The van der Waals surface area contributed by atoms with Gasteiger partial charge in [0.2, 0.25) is 5.91 Å². The van der Waals surface area contributed by atoms with Crippen LogP contribution in [0.3, 0.4) is 0 Å². The Kier molecular flexibility index (Phi) is 5.20. The summed E-state index contributed by atoms with van der Waals surface area (Å²) < 4.78 is 0. The summed E-state index contributed by atoms with van der Waals surface area (Å²) in [6.45, 7) is 8.97. The molecule has 4 rings (SSSR count). The van der Waals surface area contributed by atoms with Crippen molar-refractivity contribution in [3.63, 3.8) is 0 Å². The normalized spacial score (nSPS) is 13.1. The Morgan fingerprint density at radius 1 is 1.00 bits per heavy atom.